The summed E-state index contributed by atoms with van der Waals surface area (Å²) in [7, 11) is 1.83. The zero-order valence-electron chi connectivity index (χ0n) is 10.3. The average Bonchev–Trinajstić information content (AvgIpc) is 2.88. The number of aryl methyl sites for hydroxylation is 1. The molecule has 0 unspecified atom stereocenters. The van der Waals surface area contributed by atoms with Crippen LogP contribution in [0.25, 0.3) is 0 Å². The summed E-state index contributed by atoms with van der Waals surface area (Å²) in [5.74, 6) is 1.23. The normalized spacial score (nSPS) is 16.4. The molecule has 1 aliphatic carbocycles. The van der Waals surface area contributed by atoms with Crippen molar-refractivity contribution in [2.24, 2.45) is 18.7 Å². The van der Waals surface area contributed by atoms with Crippen molar-refractivity contribution in [1.29, 1.82) is 0 Å². The quantitative estimate of drug-likeness (QED) is 0.830. The second-order valence-electron chi connectivity index (χ2n) is 4.78. The molecule has 5 nitrogen and oxygen atoms in total. The highest BCUT2D eigenvalue weighted by molar-refractivity contribution is 5.90. The molecule has 94 valence electrons. The number of hydrogen-bond acceptors (Lipinski definition) is 3. The fourth-order valence-electron chi connectivity index (χ4n) is 2.45. The minimum Gasteiger partial charge on any atom is -0.326 e. The summed E-state index contributed by atoms with van der Waals surface area (Å²) in [5, 5.41) is 7.06. The minimum absolute atomic E-state index is 0.0605. The van der Waals surface area contributed by atoms with E-state index < -0.39 is 0 Å². The molecular formula is C12H20N4O. The lowest BCUT2D eigenvalue weighted by Crippen LogP contribution is -2.17. The van der Waals surface area contributed by atoms with Crippen molar-refractivity contribution in [3.63, 3.8) is 0 Å². The lowest BCUT2D eigenvalue weighted by atomic mass is 10.0. The van der Waals surface area contributed by atoms with Crippen molar-refractivity contribution in [3.8, 4) is 0 Å². The van der Waals surface area contributed by atoms with E-state index in [2.05, 4.69) is 10.4 Å². The molecule has 1 saturated carbocycles. The second kappa shape index (κ2) is 5.31. The molecule has 0 radical (unpaired) electrons. The Bertz CT molecular complexity index is 393. The molecule has 1 amide bonds. The van der Waals surface area contributed by atoms with Crippen molar-refractivity contribution < 1.29 is 4.79 Å². The van der Waals surface area contributed by atoms with Gasteiger partial charge in [-0.2, -0.15) is 5.10 Å². The van der Waals surface area contributed by atoms with Crippen LogP contribution in [-0.2, 0) is 18.4 Å². The number of nitrogens with one attached hydrogen (secondary N) is 1. The summed E-state index contributed by atoms with van der Waals surface area (Å²) in [6.07, 6.45) is 7.33. The topological polar surface area (TPSA) is 72.9 Å². The van der Waals surface area contributed by atoms with Crippen LogP contribution < -0.4 is 11.1 Å². The molecule has 1 aromatic rings. The van der Waals surface area contributed by atoms with Gasteiger partial charge in [-0.1, -0.05) is 12.8 Å². The van der Waals surface area contributed by atoms with Crippen molar-refractivity contribution in [1.82, 2.24) is 9.78 Å². The summed E-state index contributed by atoms with van der Waals surface area (Å²) in [5.41, 5.74) is 6.48. The first-order valence-corrected chi connectivity index (χ1v) is 6.21. The Morgan fingerprint density at radius 1 is 1.59 bits per heavy atom. The first kappa shape index (κ1) is 12.1. The molecule has 0 bridgehead atoms. The zero-order chi connectivity index (χ0) is 12.3. The van der Waals surface area contributed by atoms with Crippen LogP contribution in [-0.4, -0.2) is 15.7 Å². The molecule has 5 heteroatoms. The van der Waals surface area contributed by atoms with Gasteiger partial charge in [0.25, 0.3) is 0 Å². The molecule has 1 fully saturated rings. The van der Waals surface area contributed by atoms with Crippen LogP contribution in [0.4, 0.5) is 5.82 Å². The fourth-order valence-corrected chi connectivity index (χ4v) is 2.45. The van der Waals surface area contributed by atoms with Gasteiger partial charge >= 0.3 is 0 Å². The van der Waals surface area contributed by atoms with E-state index >= 15 is 0 Å². The summed E-state index contributed by atoms with van der Waals surface area (Å²) in [4.78, 5) is 11.8. The Hall–Kier alpha value is -1.36. The lowest BCUT2D eigenvalue weighted by Gasteiger charge is -2.08. The number of rotatable bonds is 4. The third-order valence-electron chi connectivity index (χ3n) is 3.33. The summed E-state index contributed by atoms with van der Waals surface area (Å²) < 4.78 is 1.67. The average molecular weight is 236 g/mol. The molecule has 0 spiro atoms. The van der Waals surface area contributed by atoms with Crippen LogP contribution in [0.1, 0.15) is 37.7 Å². The molecule has 1 aromatic heterocycles. The highest BCUT2D eigenvalue weighted by Crippen LogP contribution is 2.27. The van der Waals surface area contributed by atoms with Gasteiger partial charge in [-0.3, -0.25) is 9.48 Å². The van der Waals surface area contributed by atoms with Crippen molar-refractivity contribution >= 4 is 11.7 Å². The smallest absolute Gasteiger partial charge is 0.225 e. The van der Waals surface area contributed by atoms with Crippen LogP contribution in [0.3, 0.4) is 0 Å². The maximum Gasteiger partial charge on any atom is 0.225 e. The predicted octanol–water partition coefficient (Wildman–Crippen LogP) is 1.40. The number of nitrogens with zero attached hydrogens (tertiary/aromatic N) is 2. The standard InChI is InChI=1S/C12H20N4O/c1-16-8-10(7-13)12(15-16)14-11(17)6-9-4-2-3-5-9/h8-9H,2-7,13H2,1H3,(H,14,15,17). The van der Waals surface area contributed by atoms with E-state index in [1.54, 1.807) is 4.68 Å². The maximum absolute atomic E-state index is 11.8. The lowest BCUT2D eigenvalue weighted by molar-refractivity contribution is -0.117. The van der Waals surface area contributed by atoms with Gasteiger partial charge in [0.15, 0.2) is 5.82 Å². The number of carbonyl (C=O) groups is 1. The first-order valence-electron chi connectivity index (χ1n) is 6.21. The third kappa shape index (κ3) is 3.06. The van der Waals surface area contributed by atoms with Gasteiger partial charge in [-0.15, -0.1) is 0 Å². The number of amides is 1. The number of aromatic nitrogens is 2. The molecule has 1 heterocycles. The predicted molar refractivity (Wildman–Crippen MR) is 66.3 cm³/mol. The van der Waals surface area contributed by atoms with E-state index in [4.69, 9.17) is 5.73 Å². The maximum atomic E-state index is 11.8. The van der Waals surface area contributed by atoms with Gasteiger partial charge in [0.05, 0.1) is 0 Å². The van der Waals surface area contributed by atoms with E-state index in [1.165, 1.54) is 25.7 Å². The van der Waals surface area contributed by atoms with E-state index in [1.807, 2.05) is 13.2 Å². The first-order chi connectivity index (χ1) is 8.19. The van der Waals surface area contributed by atoms with Crippen molar-refractivity contribution in [2.45, 2.75) is 38.6 Å². The number of hydrogen-bond donors (Lipinski definition) is 2. The van der Waals surface area contributed by atoms with Crippen LogP contribution in [0.2, 0.25) is 0 Å². The Kier molecular flexibility index (Phi) is 3.78. The number of anilines is 1. The van der Waals surface area contributed by atoms with Crippen molar-refractivity contribution in [3.05, 3.63) is 11.8 Å². The van der Waals surface area contributed by atoms with E-state index in [-0.39, 0.29) is 5.91 Å². The summed E-state index contributed by atoms with van der Waals surface area (Å²) in [6.45, 7) is 0.396. The van der Waals surface area contributed by atoms with Crippen LogP contribution in [0, 0.1) is 5.92 Å². The summed E-state index contributed by atoms with van der Waals surface area (Å²) in [6, 6.07) is 0. The van der Waals surface area contributed by atoms with Gasteiger partial charge in [-0.05, 0) is 18.8 Å². The molecule has 17 heavy (non-hydrogen) atoms. The van der Waals surface area contributed by atoms with E-state index in [9.17, 15) is 4.79 Å². The summed E-state index contributed by atoms with van der Waals surface area (Å²) >= 11 is 0. The monoisotopic (exact) mass is 236 g/mol. The van der Waals surface area contributed by atoms with Gasteiger partial charge in [0.2, 0.25) is 5.91 Å². The van der Waals surface area contributed by atoms with Crippen LogP contribution in [0.5, 0.6) is 0 Å². The Morgan fingerprint density at radius 2 is 2.29 bits per heavy atom. The highest BCUT2D eigenvalue weighted by Gasteiger charge is 2.19. The Morgan fingerprint density at radius 3 is 2.94 bits per heavy atom. The molecule has 0 aromatic carbocycles. The Labute approximate surface area is 101 Å². The van der Waals surface area contributed by atoms with Gasteiger partial charge in [0.1, 0.15) is 0 Å². The number of carbonyl (C=O) groups excluding carboxylic acids is 1. The molecule has 0 atom stereocenters. The fraction of sp³-hybridized carbons (Fsp3) is 0.667. The largest absolute Gasteiger partial charge is 0.326 e. The minimum atomic E-state index is 0.0605. The van der Waals surface area contributed by atoms with Crippen LogP contribution >= 0.6 is 0 Å². The number of nitrogens with two attached hydrogens (primary N) is 1. The highest BCUT2D eigenvalue weighted by atomic mass is 16.1. The molecule has 0 saturated heterocycles. The van der Waals surface area contributed by atoms with Crippen molar-refractivity contribution in [2.75, 3.05) is 5.32 Å². The zero-order valence-corrected chi connectivity index (χ0v) is 10.3. The van der Waals surface area contributed by atoms with Gasteiger partial charge in [0, 0.05) is 31.8 Å². The van der Waals surface area contributed by atoms with Crippen LogP contribution in [0.15, 0.2) is 6.20 Å². The van der Waals surface area contributed by atoms with E-state index in [0.29, 0.717) is 24.7 Å². The molecule has 2 rings (SSSR count). The van der Waals surface area contributed by atoms with Gasteiger partial charge in [-0.25, -0.2) is 0 Å². The molecule has 0 aliphatic heterocycles. The molecule has 3 N–H and O–H groups in total. The second-order valence-corrected chi connectivity index (χ2v) is 4.78. The molecule has 1 aliphatic rings. The SMILES string of the molecule is Cn1cc(CN)c(NC(=O)CC2CCCC2)n1. The third-order valence-corrected chi connectivity index (χ3v) is 3.33. The van der Waals surface area contributed by atoms with Gasteiger partial charge < -0.3 is 11.1 Å². The Balaban J connectivity index is 1.92. The molecular weight excluding hydrogens is 216 g/mol. The van der Waals surface area contributed by atoms with E-state index in [0.717, 1.165) is 5.56 Å².